The lowest BCUT2D eigenvalue weighted by Crippen LogP contribution is -2.35. The van der Waals surface area contributed by atoms with E-state index in [9.17, 15) is 14.4 Å². The van der Waals surface area contributed by atoms with Crippen LogP contribution in [0.1, 0.15) is 60.3 Å². The van der Waals surface area contributed by atoms with E-state index in [0.29, 0.717) is 0 Å². The van der Waals surface area contributed by atoms with Gasteiger partial charge in [-0.1, -0.05) is 55.4 Å². The number of carbonyl (C=O) groups is 3. The molecular formula is C25H37NO5. The topological polar surface area (TPSA) is 104 Å². The largest absolute Gasteiger partial charge is 0.481 e. The van der Waals surface area contributed by atoms with Gasteiger partial charge in [-0.05, 0) is 69.7 Å². The minimum Gasteiger partial charge on any atom is -0.481 e. The summed E-state index contributed by atoms with van der Waals surface area (Å²) in [5.74, 6) is -2.27. The summed E-state index contributed by atoms with van der Waals surface area (Å²) in [6, 6.07) is -0.988. The second-order valence-electron chi connectivity index (χ2n) is 8.36. The van der Waals surface area contributed by atoms with Crippen LogP contribution in [-0.4, -0.2) is 41.5 Å². The van der Waals surface area contributed by atoms with Gasteiger partial charge in [0.25, 0.3) is 0 Å². The predicted octanol–water partition coefficient (Wildman–Crippen LogP) is 4.85. The van der Waals surface area contributed by atoms with Crippen molar-refractivity contribution in [1.29, 1.82) is 0 Å². The average Bonchev–Trinajstić information content (AvgIpc) is 2.65. The van der Waals surface area contributed by atoms with E-state index >= 15 is 0 Å². The maximum absolute atomic E-state index is 10.3. The van der Waals surface area contributed by atoms with Crippen LogP contribution in [0.5, 0.6) is 0 Å². The van der Waals surface area contributed by atoms with Gasteiger partial charge in [-0.25, -0.2) is 0 Å². The fourth-order valence-corrected chi connectivity index (χ4v) is 3.28. The molecular weight excluding hydrogens is 394 g/mol. The first-order valence-corrected chi connectivity index (χ1v) is 10.4. The summed E-state index contributed by atoms with van der Waals surface area (Å²) >= 11 is 0. The van der Waals surface area contributed by atoms with Gasteiger partial charge in [0.2, 0.25) is 0 Å². The first-order valence-electron chi connectivity index (χ1n) is 10.4. The van der Waals surface area contributed by atoms with Gasteiger partial charge in [0.15, 0.2) is 0 Å². The molecule has 1 aliphatic carbocycles. The zero-order valence-corrected chi connectivity index (χ0v) is 19.6. The van der Waals surface area contributed by atoms with E-state index < -0.39 is 24.4 Å². The van der Waals surface area contributed by atoms with E-state index in [4.69, 9.17) is 10.2 Å². The number of likely N-dealkylation sites (N-methyl/N-ethyl adjacent to an activating group) is 1. The van der Waals surface area contributed by atoms with E-state index in [0.717, 1.165) is 11.9 Å². The molecule has 0 aromatic heterocycles. The maximum Gasteiger partial charge on any atom is 0.321 e. The van der Waals surface area contributed by atoms with E-state index in [1.807, 2.05) is 19.1 Å². The molecule has 31 heavy (non-hydrogen) atoms. The monoisotopic (exact) mass is 431 g/mol. The van der Waals surface area contributed by atoms with Gasteiger partial charge in [0, 0.05) is 0 Å². The van der Waals surface area contributed by atoms with Crippen LogP contribution >= 0.6 is 0 Å². The van der Waals surface area contributed by atoms with Crippen LogP contribution in [0.2, 0.25) is 0 Å². The summed E-state index contributed by atoms with van der Waals surface area (Å²) in [6.45, 7) is 10.9. The fraction of sp³-hybridized carbons (Fsp3) is 0.480. The molecule has 0 saturated heterocycles. The molecule has 0 heterocycles. The Hall–Kier alpha value is -2.73. The predicted molar refractivity (Wildman–Crippen MR) is 125 cm³/mol. The molecule has 1 rings (SSSR count). The van der Waals surface area contributed by atoms with Crippen molar-refractivity contribution >= 4 is 18.2 Å². The van der Waals surface area contributed by atoms with Crippen molar-refractivity contribution in [2.45, 2.75) is 66.3 Å². The summed E-state index contributed by atoms with van der Waals surface area (Å²) in [7, 11) is 1.40. The Bertz CT molecular complexity index is 782. The highest BCUT2D eigenvalue weighted by atomic mass is 16.4. The highest BCUT2D eigenvalue weighted by molar-refractivity contribution is 5.80. The third kappa shape index (κ3) is 11.9. The van der Waals surface area contributed by atoms with Gasteiger partial charge in [-0.2, -0.15) is 0 Å². The van der Waals surface area contributed by atoms with E-state index in [-0.39, 0.29) is 5.41 Å². The molecule has 0 amide bonds. The van der Waals surface area contributed by atoms with Crippen molar-refractivity contribution in [1.82, 2.24) is 5.32 Å². The van der Waals surface area contributed by atoms with Gasteiger partial charge in [0.05, 0.1) is 6.42 Å². The van der Waals surface area contributed by atoms with Crippen LogP contribution < -0.4 is 5.32 Å². The van der Waals surface area contributed by atoms with E-state index in [2.05, 4.69) is 51.2 Å². The molecule has 0 radical (unpaired) electrons. The first kappa shape index (κ1) is 28.3. The zero-order valence-electron chi connectivity index (χ0n) is 19.6. The van der Waals surface area contributed by atoms with Gasteiger partial charge in [-0.15, -0.1) is 0 Å². The van der Waals surface area contributed by atoms with E-state index in [1.54, 1.807) is 6.08 Å². The zero-order chi connectivity index (χ0) is 24.0. The molecule has 0 bridgehead atoms. The molecule has 0 saturated carbocycles. The number of nitrogens with one attached hydrogen (secondary N) is 1. The summed E-state index contributed by atoms with van der Waals surface area (Å²) in [4.78, 5) is 30.4. The highest BCUT2D eigenvalue weighted by Gasteiger charge is 2.26. The second kappa shape index (κ2) is 14.3. The SMILES string of the molecule is CC1=C(/C=C/C(C)=C/C=C/C(C)=C/C=O)C(C)(C)CCC1.CN[C@H](CC(=O)O)C(=O)O. The Morgan fingerprint density at radius 3 is 2.19 bits per heavy atom. The second-order valence-corrected chi connectivity index (χ2v) is 8.36. The molecule has 0 aromatic carbocycles. The van der Waals surface area contributed by atoms with Crippen LogP contribution in [0.3, 0.4) is 0 Å². The maximum atomic E-state index is 10.3. The molecule has 0 aromatic rings. The molecule has 6 nitrogen and oxygen atoms in total. The summed E-state index contributed by atoms with van der Waals surface area (Å²) in [5, 5.41) is 18.8. The van der Waals surface area contributed by atoms with Crippen LogP contribution in [0, 0.1) is 5.41 Å². The number of carbonyl (C=O) groups excluding carboxylic acids is 1. The third-order valence-electron chi connectivity index (χ3n) is 5.13. The van der Waals surface area contributed by atoms with Crippen molar-refractivity contribution in [2.24, 2.45) is 5.41 Å². The standard InChI is InChI=1S/C20H28O.C5H9NO4/c1-16(8-6-9-17(2)13-15-21)11-12-19-18(3)10-7-14-20(19,4)5;1-6-3(5(9)10)2-4(7)8/h6,8-9,11-13,15H,7,10,14H2,1-5H3;3,6H,2H2,1H3,(H,7,8)(H,9,10)/b9-6+,12-11+,16-8+,17-13+;/t;3-/m.1/s1. The average molecular weight is 432 g/mol. The summed E-state index contributed by atoms with van der Waals surface area (Å²) in [6.07, 6.45) is 16.3. The van der Waals surface area contributed by atoms with Crippen LogP contribution in [-0.2, 0) is 14.4 Å². The minimum atomic E-state index is -1.15. The molecule has 0 unspecified atom stereocenters. The number of allylic oxidation sites excluding steroid dienone is 10. The number of hydrogen-bond acceptors (Lipinski definition) is 4. The lowest BCUT2D eigenvalue weighted by atomic mass is 9.72. The lowest BCUT2D eigenvalue weighted by Gasteiger charge is -2.32. The van der Waals surface area contributed by atoms with Gasteiger partial charge < -0.3 is 15.5 Å². The van der Waals surface area contributed by atoms with Gasteiger partial charge in [0.1, 0.15) is 12.3 Å². The third-order valence-corrected chi connectivity index (χ3v) is 5.13. The van der Waals surface area contributed by atoms with Crippen molar-refractivity contribution in [3.63, 3.8) is 0 Å². The Balaban J connectivity index is 0.000000759. The Labute approximate surface area is 186 Å². The molecule has 0 fully saturated rings. The summed E-state index contributed by atoms with van der Waals surface area (Å²) < 4.78 is 0. The normalized spacial score (nSPS) is 18.0. The van der Waals surface area contributed by atoms with Crippen molar-refractivity contribution in [3.8, 4) is 0 Å². The van der Waals surface area contributed by atoms with Crippen molar-refractivity contribution in [2.75, 3.05) is 7.05 Å². The number of aliphatic carboxylic acids is 2. The number of carboxylic acids is 2. The minimum absolute atomic E-state index is 0.290. The Kier molecular flexibility index (Phi) is 13.0. The first-order chi connectivity index (χ1) is 14.4. The Morgan fingerprint density at radius 2 is 1.74 bits per heavy atom. The van der Waals surface area contributed by atoms with Crippen molar-refractivity contribution in [3.05, 3.63) is 58.7 Å². The molecule has 1 atom stereocenters. The molecule has 172 valence electrons. The summed E-state index contributed by atoms with van der Waals surface area (Å²) in [5.41, 5.74) is 5.48. The molecule has 0 spiro atoms. The lowest BCUT2D eigenvalue weighted by molar-refractivity contribution is -0.145. The number of aldehydes is 1. The fourth-order valence-electron chi connectivity index (χ4n) is 3.28. The number of hydrogen-bond donors (Lipinski definition) is 3. The van der Waals surface area contributed by atoms with Crippen LogP contribution in [0.15, 0.2) is 58.7 Å². The van der Waals surface area contributed by atoms with Gasteiger partial charge in [-0.3, -0.25) is 14.4 Å². The number of rotatable bonds is 9. The van der Waals surface area contributed by atoms with E-state index in [1.165, 1.54) is 43.0 Å². The van der Waals surface area contributed by atoms with Crippen LogP contribution in [0.4, 0.5) is 0 Å². The Morgan fingerprint density at radius 1 is 1.13 bits per heavy atom. The molecule has 3 N–H and O–H groups in total. The molecule has 1 aliphatic rings. The molecule has 0 aliphatic heterocycles. The number of carboxylic acid groups (broad SMARTS) is 2. The quantitative estimate of drug-likeness (QED) is 0.274. The van der Waals surface area contributed by atoms with Crippen molar-refractivity contribution < 1.29 is 24.6 Å². The van der Waals surface area contributed by atoms with Gasteiger partial charge >= 0.3 is 11.9 Å². The van der Waals surface area contributed by atoms with Crippen LogP contribution in [0.25, 0.3) is 0 Å². The smallest absolute Gasteiger partial charge is 0.321 e. The highest BCUT2D eigenvalue weighted by Crippen LogP contribution is 2.40. The molecule has 6 heteroatoms.